The van der Waals surface area contributed by atoms with E-state index < -0.39 is 0 Å². The molecule has 2 N–H and O–H groups in total. The van der Waals surface area contributed by atoms with Crippen molar-refractivity contribution in [1.82, 2.24) is 9.97 Å². The van der Waals surface area contributed by atoms with Gasteiger partial charge in [-0.2, -0.15) is 0 Å². The smallest absolute Gasteiger partial charge is 0.228 e. The Balaban J connectivity index is 1.44. The maximum atomic E-state index is 12.4. The van der Waals surface area contributed by atoms with Crippen molar-refractivity contribution in [1.29, 1.82) is 0 Å². The number of nitrogens with one attached hydrogen (secondary N) is 2. The quantitative estimate of drug-likeness (QED) is 0.423. The van der Waals surface area contributed by atoms with Gasteiger partial charge in [-0.15, -0.1) is 0 Å². The molecular weight excluding hydrogens is 430 g/mol. The van der Waals surface area contributed by atoms with Crippen LogP contribution >= 0.6 is 15.9 Å². The zero-order valence-corrected chi connectivity index (χ0v) is 17.7. The predicted octanol–water partition coefficient (Wildman–Crippen LogP) is 5.49. The minimum Gasteiger partial charge on any atom is -0.496 e. The second kappa shape index (κ2) is 8.09. The van der Waals surface area contributed by atoms with Gasteiger partial charge in [0.05, 0.1) is 29.0 Å². The van der Waals surface area contributed by atoms with E-state index in [0.717, 1.165) is 43.9 Å². The minimum absolute atomic E-state index is 0.0750. The molecule has 1 aromatic heterocycles. The monoisotopic (exact) mass is 449 g/mol. The van der Waals surface area contributed by atoms with Gasteiger partial charge >= 0.3 is 0 Å². The van der Waals surface area contributed by atoms with Gasteiger partial charge in [0.2, 0.25) is 5.91 Å². The molecule has 0 fully saturated rings. The third kappa shape index (κ3) is 4.32. The molecule has 0 aliphatic carbocycles. The molecule has 3 aromatic carbocycles. The lowest BCUT2D eigenvalue weighted by Gasteiger charge is -2.08. The lowest BCUT2D eigenvalue weighted by atomic mass is 10.1. The Morgan fingerprint density at radius 3 is 2.62 bits per heavy atom. The lowest BCUT2D eigenvalue weighted by molar-refractivity contribution is -0.115. The first kappa shape index (κ1) is 19.2. The summed E-state index contributed by atoms with van der Waals surface area (Å²) in [5.41, 5.74) is 5.77. The number of rotatable bonds is 5. The Morgan fingerprint density at radius 1 is 1.10 bits per heavy atom. The molecule has 146 valence electrons. The van der Waals surface area contributed by atoms with Crippen molar-refractivity contribution in [2.24, 2.45) is 0 Å². The molecule has 0 bridgehead atoms. The van der Waals surface area contributed by atoms with E-state index in [1.807, 2.05) is 54.6 Å². The largest absolute Gasteiger partial charge is 0.496 e. The molecule has 1 amide bonds. The third-order valence-electron chi connectivity index (χ3n) is 4.66. The molecule has 4 aromatic rings. The average molecular weight is 450 g/mol. The van der Waals surface area contributed by atoms with Gasteiger partial charge in [0.1, 0.15) is 11.6 Å². The fourth-order valence-electron chi connectivity index (χ4n) is 3.18. The maximum Gasteiger partial charge on any atom is 0.228 e. The standard InChI is InChI=1S/C23H20BrN3O2/c1-14-3-9-19-20(11-14)27-23(26-19)16-5-7-17(8-6-16)25-22(28)13-15-4-10-21(29-2)18(24)12-15/h3-12H,13H2,1-2H3,(H,25,28)(H,26,27). The Labute approximate surface area is 177 Å². The molecule has 4 rings (SSSR count). The zero-order valence-electron chi connectivity index (χ0n) is 16.1. The van der Waals surface area contributed by atoms with Crippen molar-refractivity contribution in [2.75, 3.05) is 12.4 Å². The first-order valence-electron chi connectivity index (χ1n) is 9.21. The second-order valence-corrected chi connectivity index (χ2v) is 7.73. The number of imidazole rings is 1. The highest BCUT2D eigenvalue weighted by molar-refractivity contribution is 9.10. The maximum absolute atomic E-state index is 12.4. The summed E-state index contributed by atoms with van der Waals surface area (Å²) in [7, 11) is 1.61. The molecule has 29 heavy (non-hydrogen) atoms. The van der Waals surface area contributed by atoms with Gasteiger partial charge in [-0.25, -0.2) is 4.98 Å². The van der Waals surface area contributed by atoms with Crippen LogP contribution in [-0.4, -0.2) is 23.0 Å². The molecule has 0 saturated carbocycles. The normalized spacial score (nSPS) is 10.9. The van der Waals surface area contributed by atoms with Gasteiger partial charge in [-0.05, 0) is 82.5 Å². The number of ether oxygens (including phenoxy) is 1. The Morgan fingerprint density at radius 2 is 1.90 bits per heavy atom. The summed E-state index contributed by atoms with van der Waals surface area (Å²) in [5, 5.41) is 2.94. The van der Waals surface area contributed by atoms with Crippen molar-refractivity contribution < 1.29 is 9.53 Å². The Bertz CT molecular complexity index is 1180. The van der Waals surface area contributed by atoms with E-state index in [4.69, 9.17) is 4.74 Å². The van der Waals surface area contributed by atoms with E-state index in [9.17, 15) is 4.79 Å². The number of methoxy groups -OCH3 is 1. The van der Waals surface area contributed by atoms with Gasteiger partial charge in [-0.3, -0.25) is 4.79 Å². The van der Waals surface area contributed by atoms with Gasteiger partial charge < -0.3 is 15.0 Å². The van der Waals surface area contributed by atoms with E-state index >= 15 is 0 Å². The van der Waals surface area contributed by atoms with E-state index in [0.29, 0.717) is 0 Å². The number of carbonyl (C=O) groups excluding carboxylic acids is 1. The van der Waals surface area contributed by atoms with Crippen LogP contribution < -0.4 is 10.1 Å². The van der Waals surface area contributed by atoms with Crippen LogP contribution in [0.25, 0.3) is 22.4 Å². The molecule has 0 atom stereocenters. The molecule has 1 heterocycles. The summed E-state index contributed by atoms with van der Waals surface area (Å²) in [4.78, 5) is 20.4. The van der Waals surface area contributed by atoms with Gasteiger partial charge in [0.25, 0.3) is 0 Å². The predicted molar refractivity (Wildman–Crippen MR) is 119 cm³/mol. The molecule has 0 unspecified atom stereocenters. The molecule has 0 saturated heterocycles. The van der Waals surface area contributed by atoms with Gasteiger partial charge in [0.15, 0.2) is 0 Å². The Hall–Kier alpha value is -3.12. The number of benzene rings is 3. The number of hydrogen-bond donors (Lipinski definition) is 2. The fourth-order valence-corrected chi connectivity index (χ4v) is 3.77. The van der Waals surface area contributed by atoms with Crippen molar-refractivity contribution in [3.8, 4) is 17.1 Å². The minimum atomic E-state index is -0.0750. The van der Waals surface area contributed by atoms with E-state index in [1.165, 1.54) is 5.56 Å². The van der Waals surface area contributed by atoms with Crippen molar-refractivity contribution in [3.05, 3.63) is 76.3 Å². The highest BCUT2D eigenvalue weighted by Crippen LogP contribution is 2.26. The van der Waals surface area contributed by atoms with Crippen LogP contribution in [0.3, 0.4) is 0 Å². The van der Waals surface area contributed by atoms with Crippen LogP contribution in [0.15, 0.2) is 65.1 Å². The first-order valence-corrected chi connectivity index (χ1v) is 10.0. The summed E-state index contributed by atoms with van der Waals surface area (Å²) in [6, 6.07) is 19.4. The number of hydrogen-bond acceptors (Lipinski definition) is 3. The number of fused-ring (bicyclic) bond motifs is 1. The lowest BCUT2D eigenvalue weighted by Crippen LogP contribution is -2.14. The molecule has 0 aliphatic heterocycles. The highest BCUT2D eigenvalue weighted by Gasteiger charge is 2.09. The molecule has 6 heteroatoms. The number of nitrogens with zero attached hydrogens (tertiary/aromatic N) is 1. The highest BCUT2D eigenvalue weighted by atomic mass is 79.9. The summed E-state index contributed by atoms with van der Waals surface area (Å²) < 4.78 is 6.05. The van der Waals surface area contributed by atoms with E-state index in [2.05, 4.69) is 44.2 Å². The number of carbonyl (C=O) groups is 1. The number of aromatic amines is 1. The van der Waals surface area contributed by atoms with E-state index in [-0.39, 0.29) is 12.3 Å². The molecule has 0 aliphatic rings. The molecule has 0 radical (unpaired) electrons. The number of amides is 1. The number of aromatic nitrogens is 2. The van der Waals surface area contributed by atoms with Crippen LogP contribution in [-0.2, 0) is 11.2 Å². The topological polar surface area (TPSA) is 67.0 Å². The van der Waals surface area contributed by atoms with E-state index in [1.54, 1.807) is 7.11 Å². The van der Waals surface area contributed by atoms with Crippen molar-refractivity contribution >= 4 is 38.6 Å². The van der Waals surface area contributed by atoms with Crippen molar-refractivity contribution in [2.45, 2.75) is 13.3 Å². The summed E-state index contributed by atoms with van der Waals surface area (Å²) >= 11 is 3.45. The summed E-state index contributed by atoms with van der Waals surface area (Å²) in [6.07, 6.45) is 0.285. The van der Waals surface area contributed by atoms with Crippen LogP contribution in [0.5, 0.6) is 5.75 Å². The van der Waals surface area contributed by atoms with Crippen LogP contribution in [0.4, 0.5) is 5.69 Å². The molecule has 5 nitrogen and oxygen atoms in total. The number of halogens is 1. The second-order valence-electron chi connectivity index (χ2n) is 6.88. The summed E-state index contributed by atoms with van der Waals surface area (Å²) in [6.45, 7) is 2.06. The van der Waals surface area contributed by atoms with Gasteiger partial charge in [-0.1, -0.05) is 12.1 Å². The number of aryl methyl sites for hydroxylation is 1. The molecule has 0 spiro atoms. The zero-order chi connectivity index (χ0) is 20.4. The first-order chi connectivity index (χ1) is 14.0. The SMILES string of the molecule is COc1ccc(CC(=O)Nc2ccc(-c3nc4ccc(C)cc4[nH]3)cc2)cc1Br. The number of anilines is 1. The van der Waals surface area contributed by atoms with Crippen molar-refractivity contribution in [3.63, 3.8) is 0 Å². The van der Waals surface area contributed by atoms with Crippen LogP contribution in [0.2, 0.25) is 0 Å². The molecular formula is C23H20BrN3O2. The Kier molecular flexibility index (Phi) is 5.36. The number of H-pyrrole nitrogens is 1. The fraction of sp³-hybridized carbons (Fsp3) is 0.130. The van der Waals surface area contributed by atoms with Crippen LogP contribution in [0.1, 0.15) is 11.1 Å². The summed E-state index contributed by atoms with van der Waals surface area (Å²) in [5.74, 6) is 1.48. The third-order valence-corrected chi connectivity index (χ3v) is 5.28. The average Bonchev–Trinajstić information content (AvgIpc) is 3.12. The van der Waals surface area contributed by atoms with Crippen LogP contribution in [0, 0.1) is 6.92 Å². The van der Waals surface area contributed by atoms with Gasteiger partial charge in [0, 0.05) is 11.3 Å².